The Hall–Kier alpha value is -0.120. The van der Waals surface area contributed by atoms with Gasteiger partial charge >= 0.3 is 0 Å². The van der Waals surface area contributed by atoms with Crippen molar-refractivity contribution in [2.45, 2.75) is 46.0 Å². The lowest BCUT2D eigenvalue weighted by atomic mass is 10.2. The SMILES string of the molecule is CCCCN(CCCC)CCNCCCN(C)C. The summed E-state index contributed by atoms with van der Waals surface area (Å²) in [6, 6.07) is 0. The molecule has 0 spiro atoms. The van der Waals surface area contributed by atoms with E-state index in [0.29, 0.717) is 0 Å². The molecule has 0 atom stereocenters. The second-order valence-electron chi connectivity index (χ2n) is 5.46. The lowest BCUT2D eigenvalue weighted by molar-refractivity contribution is 0.264. The number of rotatable bonds is 13. The molecule has 0 heterocycles. The molecule has 0 saturated heterocycles. The van der Waals surface area contributed by atoms with Crippen LogP contribution in [0.1, 0.15) is 46.0 Å². The predicted octanol–water partition coefficient (Wildman–Crippen LogP) is 2.43. The average molecular weight is 257 g/mol. The molecule has 18 heavy (non-hydrogen) atoms. The summed E-state index contributed by atoms with van der Waals surface area (Å²) in [4.78, 5) is 4.86. The lowest BCUT2D eigenvalue weighted by Gasteiger charge is -2.22. The van der Waals surface area contributed by atoms with Gasteiger partial charge in [0, 0.05) is 13.1 Å². The summed E-state index contributed by atoms with van der Waals surface area (Å²) in [7, 11) is 4.27. The first-order chi connectivity index (χ1) is 8.70. The quantitative estimate of drug-likeness (QED) is 0.511. The minimum atomic E-state index is 1.14. The first kappa shape index (κ1) is 17.9. The van der Waals surface area contributed by atoms with Gasteiger partial charge in [-0.3, -0.25) is 0 Å². The van der Waals surface area contributed by atoms with Crippen LogP contribution >= 0.6 is 0 Å². The van der Waals surface area contributed by atoms with Gasteiger partial charge < -0.3 is 15.1 Å². The van der Waals surface area contributed by atoms with Gasteiger partial charge in [0.2, 0.25) is 0 Å². The Bertz CT molecular complexity index is 152. The molecule has 0 fully saturated rings. The van der Waals surface area contributed by atoms with Crippen LogP contribution in [0.25, 0.3) is 0 Å². The standard InChI is InChI=1S/C15H35N3/c1-5-7-13-18(14-8-6-2)15-11-16-10-9-12-17(3)4/h16H,5-15H2,1-4H3. The lowest BCUT2D eigenvalue weighted by Crippen LogP contribution is -2.34. The van der Waals surface area contributed by atoms with Crippen molar-refractivity contribution in [3.63, 3.8) is 0 Å². The molecule has 0 aliphatic rings. The zero-order valence-corrected chi connectivity index (χ0v) is 13.2. The summed E-state index contributed by atoms with van der Waals surface area (Å²) in [6.07, 6.45) is 6.53. The highest BCUT2D eigenvalue weighted by molar-refractivity contribution is 4.60. The summed E-state index contributed by atoms with van der Waals surface area (Å²) in [5.74, 6) is 0. The summed E-state index contributed by atoms with van der Waals surface area (Å²) < 4.78 is 0. The van der Waals surface area contributed by atoms with Gasteiger partial charge in [-0.05, 0) is 59.5 Å². The Morgan fingerprint density at radius 1 is 0.722 bits per heavy atom. The molecule has 0 aliphatic heterocycles. The van der Waals surface area contributed by atoms with E-state index in [2.05, 4.69) is 43.1 Å². The van der Waals surface area contributed by atoms with Crippen LogP contribution in [0.4, 0.5) is 0 Å². The van der Waals surface area contributed by atoms with Crippen molar-refractivity contribution < 1.29 is 0 Å². The summed E-state index contributed by atoms with van der Waals surface area (Å²) in [5, 5.41) is 3.56. The van der Waals surface area contributed by atoms with Crippen molar-refractivity contribution in [3.8, 4) is 0 Å². The smallest absolute Gasteiger partial charge is 0.0107 e. The first-order valence-electron chi connectivity index (χ1n) is 7.78. The molecule has 0 aromatic carbocycles. The van der Waals surface area contributed by atoms with Crippen molar-refractivity contribution in [2.75, 3.05) is 53.4 Å². The largest absolute Gasteiger partial charge is 0.315 e. The van der Waals surface area contributed by atoms with Crippen LogP contribution in [0.15, 0.2) is 0 Å². The highest BCUT2D eigenvalue weighted by Crippen LogP contribution is 1.98. The second-order valence-corrected chi connectivity index (χ2v) is 5.46. The van der Waals surface area contributed by atoms with E-state index >= 15 is 0 Å². The number of hydrogen-bond acceptors (Lipinski definition) is 3. The Balaban J connectivity index is 3.49. The van der Waals surface area contributed by atoms with E-state index in [9.17, 15) is 0 Å². The first-order valence-corrected chi connectivity index (χ1v) is 7.78. The number of nitrogens with zero attached hydrogens (tertiary/aromatic N) is 2. The normalized spacial score (nSPS) is 11.7. The molecule has 1 N–H and O–H groups in total. The third-order valence-electron chi connectivity index (χ3n) is 3.22. The third-order valence-corrected chi connectivity index (χ3v) is 3.22. The fourth-order valence-electron chi connectivity index (χ4n) is 1.98. The maximum atomic E-state index is 3.56. The van der Waals surface area contributed by atoms with Gasteiger partial charge in [-0.1, -0.05) is 26.7 Å². The summed E-state index contributed by atoms with van der Waals surface area (Å²) >= 11 is 0. The maximum absolute atomic E-state index is 3.56. The summed E-state index contributed by atoms with van der Waals surface area (Å²) in [6.45, 7) is 11.8. The van der Waals surface area contributed by atoms with E-state index in [1.54, 1.807) is 0 Å². The molecule has 0 amide bonds. The molecule has 0 radical (unpaired) electrons. The Morgan fingerprint density at radius 2 is 1.33 bits per heavy atom. The average Bonchev–Trinajstić information content (AvgIpc) is 2.35. The van der Waals surface area contributed by atoms with E-state index in [0.717, 1.165) is 13.1 Å². The van der Waals surface area contributed by atoms with Crippen LogP contribution in [0.5, 0.6) is 0 Å². The van der Waals surface area contributed by atoms with E-state index in [-0.39, 0.29) is 0 Å². The van der Waals surface area contributed by atoms with Crippen LogP contribution in [-0.2, 0) is 0 Å². The van der Waals surface area contributed by atoms with E-state index in [4.69, 9.17) is 0 Å². The van der Waals surface area contributed by atoms with Crippen LogP contribution in [-0.4, -0.2) is 63.2 Å². The molecule has 0 bridgehead atoms. The molecule has 0 aromatic rings. The number of hydrogen-bond donors (Lipinski definition) is 1. The Labute approximate surface area is 115 Å². The van der Waals surface area contributed by atoms with Gasteiger partial charge in [0.15, 0.2) is 0 Å². The van der Waals surface area contributed by atoms with Gasteiger partial charge in [-0.15, -0.1) is 0 Å². The molecule has 3 heteroatoms. The molecule has 3 nitrogen and oxygen atoms in total. The zero-order valence-electron chi connectivity index (χ0n) is 13.2. The van der Waals surface area contributed by atoms with Crippen molar-refractivity contribution in [2.24, 2.45) is 0 Å². The summed E-state index contributed by atoms with van der Waals surface area (Å²) in [5.41, 5.74) is 0. The van der Waals surface area contributed by atoms with Gasteiger partial charge in [0.1, 0.15) is 0 Å². The molecule has 0 rings (SSSR count). The van der Waals surface area contributed by atoms with Crippen molar-refractivity contribution in [1.29, 1.82) is 0 Å². The number of nitrogens with one attached hydrogen (secondary N) is 1. The number of unbranched alkanes of at least 4 members (excludes halogenated alkanes) is 2. The zero-order chi connectivity index (χ0) is 13.6. The van der Waals surface area contributed by atoms with E-state index in [1.807, 2.05) is 0 Å². The Morgan fingerprint density at radius 3 is 1.83 bits per heavy atom. The second kappa shape index (κ2) is 13.3. The Kier molecular flexibility index (Phi) is 13.2. The van der Waals surface area contributed by atoms with Crippen molar-refractivity contribution in [1.82, 2.24) is 15.1 Å². The molecule has 0 aliphatic carbocycles. The molecule has 0 aromatic heterocycles. The minimum absolute atomic E-state index is 1.14. The van der Waals surface area contributed by atoms with Gasteiger partial charge in [0.05, 0.1) is 0 Å². The van der Waals surface area contributed by atoms with Gasteiger partial charge in [0.25, 0.3) is 0 Å². The van der Waals surface area contributed by atoms with E-state index < -0.39 is 0 Å². The minimum Gasteiger partial charge on any atom is -0.315 e. The molecule has 0 unspecified atom stereocenters. The maximum Gasteiger partial charge on any atom is 0.0107 e. The fraction of sp³-hybridized carbons (Fsp3) is 1.00. The van der Waals surface area contributed by atoms with Crippen molar-refractivity contribution in [3.05, 3.63) is 0 Å². The van der Waals surface area contributed by atoms with Crippen molar-refractivity contribution >= 4 is 0 Å². The monoisotopic (exact) mass is 257 g/mol. The van der Waals surface area contributed by atoms with Crippen LogP contribution < -0.4 is 5.32 Å². The van der Waals surface area contributed by atoms with Crippen LogP contribution in [0, 0.1) is 0 Å². The fourth-order valence-corrected chi connectivity index (χ4v) is 1.98. The molecule has 110 valence electrons. The highest BCUT2D eigenvalue weighted by Gasteiger charge is 2.02. The molecular weight excluding hydrogens is 222 g/mol. The molecule has 0 saturated carbocycles. The third kappa shape index (κ3) is 12.3. The van der Waals surface area contributed by atoms with Crippen LogP contribution in [0.3, 0.4) is 0 Å². The highest BCUT2D eigenvalue weighted by atomic mass is 15.1. The topological polar surface area (TPSA) is 18.5 Å². The molecular formula is C15H35N3. The van der Waals surface area contributed by atoms with Crippen LogP contribution in [0.2, 0.25) is 0 Å². The van der Waals surface area contributed by atoms with E-state index in [1.165, 1.54) is 58.3 Å². The van der Waals surface area contributed by atoms with Gasteiger partial charge in [-0.2, -0.15) is 0 Å². The predicted molar refractivity (Wildman–Crippen MR) is 82.3 cm³/mol. The van der Waals surface area contributed by atoms with Gasteiger partial charge in [-0.25, -0.2) is 0 Å².